The minimum absolute atomic E-state index is 0.146. The molecule has 1 amide bonds. The minimum Gasteiger partial charge on any atom is -0.322 e. The average Bonchev–Trinajstić information content (AvgIpc) is 3.13. The van der Waals surface area contributed by atoms with E-state index in [4.69, 9.17) is 11.6 Å². The van der Waals surface area contributed by atoms with Gasteiger partial charge in [-0.05, 0) is 54.4 Å². The van der Waals surface area contributed by atoms with Crippen LogP contribution in [0.5, 0.6) is 0 Å². The van der Waals surface area contributed by atoms with Gasteiger partial charge in [0.05, 0.1) is 16.1 Å². The Hall–Kier alpha value is -2.90. The number of nitrogens with one attached hydrogen (secondary N) is 1. The number of sulfonamides is 1. The summed E-state index contributed by atoms with van der Waals surface area (Å²) in [6, 6.07) is 16.8. The fourth-order valence-electron chi connectivity index (χ4n) is 3.29. The summed E-state index contributed by atoms with van der Waals surface area (Å²) >= 11 is 5.89. The van der Waals surface area contributed by atoms with Crippen molar-refractivity contribution in [2.45, 2.75) is 11.3 Å². The fraction of sp³-hybridized carbons (Fsp3) is 0.0952. The molecule has 0 bridgehead atoms. The van der Waals surface area contributed by atoms with Gasteiger partial charge < -0.3 is 5.32 Å². The van der Waals surface area contributed by atoms with Crippen molar-refractivity contribution in [2.24, 2.45) is 0 Å². The molecule has 1 aliphatic heterocycles. The van der Waals surface area contributed by atoms with Crippen molar-refractivity contribution >= 4 is 38.9 Å². The molecule has 0 atom stereocenters. The zero-order valence-corrected chi connectivity index (χ0v) is 16.7. The molecular formula is C21H16ClFN2O3S. The van der Waals surface area contributed by atoms with Gasteiger partial charge in [-0.25, -0.2) is 12.8 Å². The maximum absolute atomic E-state index is 14.3. The predicted molar refractivity (Wildman–Crippen MR) is 110 cm³/mol. The van der Waals surface area contributed by atoms with Crippen LogP contribution >= 0.6 is 11.6 Å². The van der Waals surface area contributed by atoms with E-state index in [9.17, 15) is 17.6 Å². The van der Waals surface area contributed by atoms with E-state index < -0.39 is 21.7 Å². The number of carbonyl (C=O) groups excluding carboxylic acids is 1. The standard InChI is InChI=1S/C21H16ClFN2O3S/c22-15-5-3-6-16(12-15)24-21(26)18-13-17(8-9-19(18)23)29(27,28)25-11-10-14-4-1-2-7-20(14)25/h1-9,12-13H,10-11H2,(H,24,26). The normalized spacial score (nSPS) is 13.2. The average molecular weight is 431 g/mol. The lowest BCUT2D eigenvalue weighted by Gasteiger charge is -2.20. The molecule has 0 unspecified atom stereocenters. The van der Waals surface area contributed by atoms with Gasteiger partial charge in [-0.2, -0.15) is 0 Å². The Morgan fingerprint density at radius 2 is 1.83 bits per heavy atom. The molecule has 5 nitrogen and oxygen atoms in total. The van der Waals surface area contributed by atoms with Crippen LogP contribution in [0.25, 0.3) is 0 Å². The Bertz CT molecular complexity index is 1210. The van der Waals surface area contributed by atoms with Gasteiger partial charge >= 0.3 is 0 Å². The number of amides is 1. The summed E-state index contributed by atoms with van der Waals surface area (Å²) in [6.45, 7) is 0.295. The Kier molecular flexibility index (Phi) is 5.02. The smallest absolute Gasteiger partial charge is 0.264 e. The van der Waals surface area contributed by atoms with Crippen LogP contribution in [0.4, 0.5) is 15.8 Å². The lowest BCUT2D eigenvalue weighted by molar-refractivity contribution is 0.102. The summed E-state index contributed by atoms with van der Waals surface area (Å²) in [5.74, 6) is -1.58. The second kappa shape index (κ2) is 7.50. The third-order valence-corrected chi connectivity index (χ3v) is 6.74. The Balaban J connectivity index is 1.67. The molecule has 1 aliphatic rings. The first-order valence-electron chi connectivity index (χ1n) is 8.83. The van der Waals surface area contributed by atoms with Crippen LogP contribution < -0.4 is 9.62 Å². The highest BCUT2D eigenvalue weighted by Gasteiger charge is 2.31. The Morgan fingerprint density at radius 1 is 1.03 bits per heavy atom. The van der Waals surface area contributed by atoms with E-state index >= 15 is 0 Å². The van der Waals surface area contributed by atoms with E-state index in [-0.39, 0.29) is 10.5 Å². The zero-order valence-electron chi connectivity index (χ0n) is 15.1. The van der Waals surface area contributed by atoms with E-state index in [0.717, 1.165) is 17.7 Å². The maximum atomic E-state index is 14.3. The number of halogens is 2. The number of benzene rings is 3. The highest BCUT2D eigenvalue weighted by atomic mass is 35.5. The lowest BCUT2D eigenvalue weighted by Crippen LogP contribution is -2.29. The van der Waals surface area contributed by atoms with Gasteiger partial charge in [-0.1, -0.05) is 35.9 Å². The summed E-state index contributed by atoms with van der Waals surface area (Å²) in [7, 11) is -3.94. The molecule has 0 saturated carbocycles. The van der Waals surface area contributed by atoms with Crippen LogP contribution in [-0.2, 0) is 16.4 Å². The number of rotatable bonds is 4. The molecular weight excluding hydrogens is 415 g/mol. The summed E-state index contributed by atoms with van der Waals surface area (Å²) < 4.78 is 41.9. The molecule has 0 aromatic heterocycles. The third-order valence-electron chi connectivity index (χ3n) is 4.70. The van der Waals surface area contributed by atoms with Crippen LogP contribution in [0.15, 0.2) is 71.6 Å². The van der Waals surface area contributed by atoms with E-state index in [1.165, 1.54) is 16.4 Å². The molecule has 29 heavy (non-hydrogen) atoms. The molecule has 0 spiro atoms. The molecule has 0 aliphatic carbocycles. The summed E-state index contributed by atoms with van der Waals surface area (Å²) in [4.78, 5) is 12.4. The quantitative estimate of drug-likeness (QED) is 0.663. The molecule has 1 N–H and O–H groups in total. The first-order chi connectivity index (χ1) is 13.9. The first kappa shape index (κ1) is 19.4. The Morgan fingerprint density at radius 3 is 2.62 bits per heavy atom. The van der Waals surface area contributed by atoms with Crippen molar-refractivity contribution in [3.05, 3.63) is 88.7 Å². The molecule has 0 saturated heterocycles. The molecule has 148 valence electrons. The van der Waals surface area contributed by atoms with Crippen molar-refractivity contribution < 1.29 is 17.6 Å². The lowest BCUT2D eigenvalue weighted by atomic mass is 10.2. The number of fused-ring (bicyclic) bond motifs is 1. The topological polar surface area (TPSA) is 66.5 Å². The van der Waals surface area contributed by atoms with Gasteiger partial charge in [0, 0.05) is 17.3 Å². The third kappa shape index (κ3) is 3.71. The second-order valence-corrected chi connectivity index (χ2v) is 8.86. The highest BCUT2D eigenvalue weighted by Crippen LogP contribution is 2.33. The first-order valence-corrected chi connectivity index (χ1v) is 10.7. The Labute approximate surface area is 172 Å². The van der Waals surface area contributed by atoms with Gasteiger partial charge in [-0.15, -0.1) is 0 Å². The molecule has 1 heterocycles. The van der Waals surface area contributed by atoms with Crippen molar-refractivity contribution in [3.63, 3.8) is 0 Å². The molecule has 8 heteroatoms. The van der Waals surface area contributed by atoms with Crippen molar-refractivity contribution in [1.29, 1.82) is 0 Å². The zero-order chi connectivity index (χ0) is 20.6. The van der Waals surface area contributed by atoms with E-state index in [1.807, 2.05) is 12.1 Å². The molecule has 0 radical (unpaired) electrons. The van der Waals surface area contributed by atoms with E-state index in [2.05, 4.69) is 5.32 Å². The number of para-hydroxylation sites is 1. The number of hydrogen-bond acceptors (Lipinski definition) is 3. The van der Waals surface area contributed by atoms with Crippen LogP contribution in [-0.4, -0.2) is 20.9 Å². The van der Waals surface area contributed by atoms with Crippen molar-refractivity contribution in [2.75, 3.05) is 16.2 Å². The van der Waals surface area contributed by atoms with E-state index in [0.29, 0.717) is 29.4 Å². The van der Waals surface area contributed by atoms with Crippen LogP contribution in [0.1, 0.15) is 15.9 Å². The van der Waals surface area contributed by atoms with Gasteiger partial charge in [0.25, 0.3) is 15.9 Å². The van der Waals surface area contributed by atoms with Crippen molar-refractivity contribution in [3.8, 4) is 0 Å². The second-order valence-electron chi connectivity index (χ2n) is 6.56. The summed E-state index contributed by atoms with van der Waals surface area (Å²) in [5, 5.41) is 2.94. The SMILES string of the molecule is O=C(Nc1cccc(Cl)c1)c1cc(S(=O)(=O)N2CCc3ccccc32)ccc1F. The van der Waals surface area contributed by atoms with E-state index in [1.54, 1.807) is 30.3 Å². The van der Waals surface area contributed by atoms with Crippen molar-refractivity contribution in [1.82, 2.24) is 0 Å². The van der Waals surface area contributed by atoms with Gasteiger partial charge in [-0.3, -0.25) is 9.10 Å². The number of anilines is 2. The predicted octanol–water partition coefficient (Wildman–Crippen LogP) is 4.48. The molecule has 0 fully saturated rings. The summed E-state index contributed by atoms with van der Waals surface area (Å²) in [6.07, 6.45) is 0.596. The summed E-state index contributed by atoms with van der Waals surface area (Å²) in [5.41, 5.74) is 1.54. The monoisotopic (exact) mass is 430 g/mol. The van der Waals surface area contributed by atoms with Crippen LogP contribution in [0.3, 0.4) is 0 Å². The molecule has 3 aromatic carbocycles. The number of carbonyl (C=O) groups is 1. The number of hydrogen-bond donors (Lipinski definition) is 1. The maximum Gasteiger partial charge on any atom is 0.264 e. The van der Waals surface area contributed by atoms with Gasteiger partial charge in [0.15, 0.2) is 0 Å². The minimum atomic E-state index is -3.94. The van der Waals surface area contributed by atoms with Crippen LogP contribution in [0, 0.1) is 5.82 Å². The largest absolute Gasteiger partial charge is 0.322 e. The molecule has 4 rings (SSSR count). The fourth-order valence-corrected chi connectivity index (χ4v) is 5.01. The number of nitrogens with zero attached hydrogens (tertiary/aromatic N) is 1. The van der Waals surface area contributed by atoms with Gasteiger partial charge in [0.1, 0.15) is 5.82 Å². The van der Waals surface area contributed by atoms with Crippen LogP contribution in [0.2, 0.25) is 5.02 Å². The highest BCUT2D eigenvalue weighted by molar-refractivity contribution is 7.92. The molecule has 3 aromatic rings. The van der Waals surface area contributed by atoms with Gasteiger partial charge in [0.2, 0.25) is 0 Å².